The van der Waals surface area contributed by atoms with E-state index in [9.17, 15) is 0 Å². The van der Waals surface area contributed by atoms with Crippen molar-refractivity contribution in [1.29, 1.82) is 10.8 Å². The lowest BCUT2D eigenvalue weighted by Crippen LogP contribution is -2.11. The number of hydrogen-bond donors (Lipinski definition) is 4. The fourth-order valence-electron chi connectivity index (χ4n) is 2.47. The van der Waals surface area contributed by atoms with E-state index in [0.717, 1.165) is 22.5 Å². The standard InChI is InChI=1S/C19H18N4O/c20-18(21)14-5-1-12(2-6-14)16-9-10-17(24-11-16)13-3-7-15(8-4-13)19(22)23/h1-10H,11H2,(H3,20,21)(H3,22,23). The van der Waals surface area contributed by atoms with Crippen LogP contribution in [0, 0.1) is 10.8 Å². The van der Waals surface area contributed by atoms with E-state index in [1.165, 1.54) is 0 Å². The second kappa shape index (κ2) is 6.42. The Morgan fingerprint density at radius 2 is 1.25 bits per heavy atom. The van der Waals surface area contributed by atoms with Gasteiger partial charge in [0, 0.05) is 16.7 Å². The highest BCUT2D eigenvalue weighted by atomic mass is 16.5. The van der Waals surface area contributed by atoms with Gasteiger partial charge in [-0.15, -0.1) is 0 Å². The Hall–Kier alpha value is -3.34. The quantitative estimate of drug-likeness (QED) is 0.514. The van der Waals surface area contributed by atoms with Crippen LogP contribution in [0.2, 0.25) is 0 Å². The van der Waals surface area contributed by atoms with E-state index in [1.807, 2.05) is 60.7 Å². The first kappa shape index (κ1) is 15.6. The molecule has 24 heavy (non-hydrogen) atoms. The number of ether oxygens (including phenoxy) is 1. The average molecular weight is 318 g/mol. The Kier molecular flexibility index (Phi) is 4.16. The van der Waals surface area contributed by atoms with E-state index < -0.39 is 0 Å². The molecular formula is C19H18N4O. The third kappa shape index (κ3) is 3.20. The van der Waals surface area contributed by atoms with Gasteiger partial charge in [0.1, 0.15) is 24.0 Å². The van der Waals surface area contributed by atoms with Gasteiger partial charge in [0.2, 0.25) is 0 Å². The summed E-state index contributed by atoms with van der Waals surface area (Å²) in [6.45, 7) is 0.472. The van der Waals surface area contributed by atoms with Gasteiger partial charge in [-0.2, -0.15) is 0 Å². The highest BCUT2D eigenvalue weighted by molar-refractivity contribution is 5.95. The summed E-state index contributed by atoms with van der Waals surface area (Å²) in [6, 6.07) is 14.9. The van der Waals surface area contributed by atoms with Crippen molar-refractivity contribution in [2.24, 2.45) is 11.5 Å². The van der Waals surface area contributed by atoms with Crippen LogP contribution >= 0.6 is 0 Å². The third-order valence-electron chi connectivity index (χ3n) is 3.87. The topological polar surface area (TPSA) is 109 Å². The van der Waals surface area contributed by atoms with Crippen molar-refractivity contribution in [2.75, 3.05) is 6.61 Å². The zero-order chi connectivity index (χ0) is 17.1. The molecule has 0 aromatic heterocycles. The summed E-state index contributed by atoms with van der Waals surface area (Å²) in [5.74, 6) is 0.900. The maximum atomic E-state index is 7.42. The Morgan fingerprint density at radius 3 is 1.67 bits per heavy atom. The van der Waals surface area contributed by atoms with E-state index in [4.69, 9.17) is 27.0 Å². The fraction of sp³-hybridized carbons (Fsp3) is 0.0526. The van der Waals surface area contributed by atoms with E-state index in [2.05, 4.69) is 0 Å². The minimum absolute atomic E-state index is 0.0521. The molecule has 0 fully saturated rings. The van der Waals surface area contributed by atoms with Crippen LogP contribution in [0.15, 0.2) is 60.7 Å². The minimum atomic E-state index is 0.0521. The Labute approximate surface area is 140 Å². The summed E-state index contributed by atoms with van der Waals surface area (Å²) in [4.78, 5) is 0. The van der Waals surface area contributed by atoms with Crippen molar-refractivity contribution in [3.05, 3.63) is 82.9 Å². The summed E-state index contributed by atoms with van der Waals surface area (Å²) in [5.41, 5.74) is 15.4. The molecule has 0 atom stereocenters. The number of rotatable bonds is 4. The highest BCUT2D eigenvalue weighted by Gasteiger charge is 2.11. The number of nitrogens with one attached hydrogen (secondary N) is 2. The molecule has 2 aromatic rings. The van der Waals surface area contributed by atoms with Crippen LogP contribution in [0.5, 0.6) is 0 Å². The fourth-order valence-corrected chi connectivity index (χ4v) is 2.47. The van der Waals surface area contributed by atoms with Crippen LogP contribution in [-0.2, 0) is 4.74 Å². The maximum absolute atomic E-state index is 7.42. The molecule has 0 bridgehead atoms. The second-order valence-electron chi connectivity index (χ2n) is 5.49. The number of allylic oxidation sites excluding steroid dienone is 2. The lowest BCUT2D eigenvalue weighted by Gasteiger charge is -2.17. The van der Waals surface area contributed by atoms with Crippen LogP contribution in [0.3, 0.4) is 0 Å². The average Bonchev–Trinajstić information content (AvgIpc) is 2.62. The molecule has 1 aliphatic heterocycles. The first-order valence-electron chi connectivity index (χ1n) is 7.48. The lowest BCUT2D eigenvalue weighted by atomic mass is 10.0. The van der Waals surface area contributed by atoms with Crippen LogP contribution in [0.4, 0.5) is 0 Å². The van der Waals surface area contributed by atoms with Gasteiger partial charge in [-0.1, -0.05) is 54.6 Å². The normalized spacial score (nSPS) is 13.5. The molecule has 1 heterocycles. The third-order valence-corrected chi connectivity index (χ3v) is 3.87. The largest absolute Gasteiger partial charge is 0.488 e. The van der Waals surface area contributed by atoms with Gasteiger partial charge in [-0.05, 0) is 17.2 Å². The van der Waals surface area contributed by atoms with Gasteiger partial charge in [-0.25, -0.2) is 0 Å². The van der Waals surface area contributed by atoms with Crippen molar-refractivity contribution in [1.82, 2.24) is 0 Å². The lowest BCUT2D eigenvalue weighted by molar-refractivity contribution is 0.323. The smallest absolute Gasteiger partial charge is 0.127 e. The van der Waals surface area contributed by atoms with Crippen LogP contribution in [-0.4, -0.2) is 18.3 Å². The molecule has 6 N–H and O–H groups in total. The molecule has 120 valence electrons. The van der Waals surface area contributed by atoms with Gasteiger partial charge in [0.05, 0.1) is 0 Å². The highest BCUT2D eigenvalue weighted by Crippen LogP contribution is 2.26. The van der Waals surface area contributed by atoms with Crippen molar-refractivity contribution >= 4 is 23.0 Å². The maximum Gasteiger partial charge on any atom is 0.127 e. The summed E-state index contributed by atoms with van der Waals surface area (Å²) >= 11 is 0. The number of hydrogen-bond acceptors (Lipinski definition) is 3. The monoisotopic (exact) mass is 318 g/mol. The molecule has 0 amide bonds. The molecular weight excluding hydrogens is 300 g/mol. The molecule has 5 nitrogen and oxygen atoms in total. The molecule has 5 heteroatoms. The van der Waals surface area contributed by atoms with Gasteiger partial charge in [-0.3, -0.25) is 10.8 Å². The van der Waals surface area contributed by atoms with Crippen molar-refractivity contribution < 1.29 is 4.74 Å². The molecule has 0 spiro atoms. The number of nitrogens with two attached hydrogens (primary N) is 2. The van der Waals surface area contributed by atoms with Crippen LogP contribution in [0.25, 0.3) is 11.3 Å². The van der Waals surface area contributed by atoms with Gasteiger partial charge < -0.3 is 16.2 Å². The zero-order valence-electron chi connectivity index (χ0n) is 13.0. The summed E-state index contributed by atoms with van der Waals surface area (Å²) in [5, 5.41) is 14.8. The van der Waals surface area contributed by atoms with Gasteiger partial charge in [0.15, 0.2) is 0 Å². The van der Waals surface area contributed by atoms with Crippen molar-refractivity contribution in [3.63, 3.8) is 0 Å². The molecule has 0 unspecified atom stereocenters. The molecule has 0 aliphatic carbocycles. The van der Waals surface area contributed by atoms with Gasteiger partial charge >= 0.3 is 0 Å². The molecule has 0 saturated carbocycles. The van der Waals surface area contributed by atoms with E-state index in [0.29, 0.717) is 17.7 Å². The molecule has 2 aromatic carbocycles. The summed E-state index contributed by atoms with van der Waals surface area (Å²) in [7, 11) is 0. The summed E-state index contributed by atoms with van der Waals surface area (Å²) in [6.07, 6.45) is 3.96. The first-order chi connectivity index (χ1) is 11.5. The predicted octanol–water partition coefficient (Wildman–Crippen LogP) is 2.71. The Bertz CT molecular complexity index is 772. The first-order valence-corrected chi connectivity index (χ1v) is 7.48. The van der Waals surface area contributed by atoms with E-state index >= 15 is 0 Å². The Morgan fingerprint density at radius 1 is 0.750 bits per heavy atom. The van der Waals surface area contributed by atoms with E-state index in [1.54, 1.807) is 0 Å². The SMILES string of the molecule is N=C(N)c1ccc(C2=CC=C(c3ccc(C(=N)N)cc3)OC2)cc1. The molecule has 0 radical (unpaired) electrons. The van der Waals surface area contributed by atoms with Gasteiger partial charge in [0.25, 0.3) is 0 Å². The van der Waals surface area contributed by atoms with Crippen molar-refractivity contribution in [3.8, 4) is 0 Å². The zero-order valence-corrected chi connectivity index (χ0v) is 13.0. The number of benzene rings is 2. The number of nitrogen functional groups attached to an aromatic ring is 2. The molecule has 3 rings (SSSR count). The summed E-state index contributed by atoms with van der Waals surface area (Å²) < 4.78 is 5.85. The van der Waals surface area contributed by atoms with E-state index in [-0.39, 0.29) is 11.7 Å². The van der Waals surface area contributed by atoms with Crippen LogP contribution < -0.4 is 11.5 Å². The predicted molar refractivity (Wildman–Crippen MR) is 96.8 cm³/mol. The second-order valence-corrected chi connectivity index (χ2v) is 5.49. The van der Waals surface area contributed by atoms with Crippen molar-refractivity contribution in [2.45, 2.75) is 0 Å². The Balaban J connectivity index is 1.80. The molecule has 0 saturated heterocycles. The molecule has 1 aliphatic rings. The number of amidine groups is 2. The van der Waals surface area contributed by atoms with Crippen LogP contribution in [0.1, 0.15) is 22.3 Å². The minimum Gasteiger partial charge on any atom is -0.488 e.